The second-order valence-electron chi connectivity index (χ2n) is 7.87. The fourth-order valence-electron chi connectivity index (χ4n) is 3.56. The lowest BCUT2D eigenvalue weighted by atomic mass is 10.0. The number of amides is 2. The van der Waals surface area contributed by atoms with Crippen LogP contribution < -0.4 is 4.74 Å². The molecule has 0 unspecified atom stereocenters. The van der Waals surface area contributed by atoms with E-state index in [1.54, 1.807) is 7.11 Å². The molecule has 1 heterocycles. The number of rotatable bonds is 4. The van der Waals surface area contributed by atoms with Gasteiger partial charge in [-0.05, 0) is 44.5 Å². The van der Waals surface area contributed by atoms with Crippen molar-refractivity contribution >= 4 is 22.7 Å². The van der Waals surface area contributed by atoms with Gasteiger partial charge in [0.15, 0.2) is 0 Å². The molecule has 0 atom stereocenters. The van der Waals surface area contributed by atoms with Gasteiger partial charge in [0.05, 0.1) is 12.7 Å². The fourth-order valence-corrected chi connectivity index (χ4v) is 3.56. The van der Waals surface area contributed by atoms with Crippen LogP contribution >= 0.6 is 0 Å². The van der Waals surface area contributed by atoms with Crippen molar-refractivity contribution in [2.75, 3.05) is 7.11 Å². The summed E-state index contributed by atoms with van der Waals surface area (Å²) < 4.78 is 7.35. The standard InChI is InChI=1S/C23H26N2O3/c1-16(26)25(23(2,3)4)22(27)20-15-24(21-12-7-6-11-19(20)21)14-17-9-8-10-18(13-17)28-5/h6-13,15H,14H2,1-5H3. The molecular formula is C23H26N2O3. The average molecular weight is 378 g/mol. The van der Waals surface area contributed by atoms with Gasteiger partial charge in [0.1, 0.15) is 5.75 Å². The van der Waals surface area contributed by atoms with Crippen LogP contribution in [0.4, 0.5) is 0 Å². The number of para-hydroxylation sites is 1. The molecule has 0 aliphatic rings. The van der Waals surface area contributed by atoms with Crippen molar-refractivity contribution in [1.82, 2.24) is 9.47 Å². The van der Waals surface area contributed by atoms with Gasteiger partial charge in [-0.25, -0.2) is 0 Å². The number of fused-ring (bicyclic) bond motifs is 1. The fraction of sp³-hybridized carbons (Fsp3) is 0.304. The topological polar surface area (TPSA) is 51.5 Å². The first-order chi connectivity index (χ1) is 13.2. The number of aromatic nitrogens is 1. The van der Waals surface area contributed by atoms with Crippen molar-refractivity contribution in [1.29, 1.82) is 0 Å². The maximum atomic E-state index is 13.3. The molecule has 5 heteroatoms. The number of imide groups is 1. The van der Waals surface area contributed by atoms with Crippen molar-refractivity contribution < 1.29 is 14.3 Å². The molecule has 2 amide bonds. The maximum Gasteiger partial charge on any atom is 0.263 e. The molecule has 28 heavy (non-hydrogen) atoms. The van der Waals surface area contributed by atoms with E-state index in [1.165, 1.54) is 11.8 Å². The average Bonchev–Trinajstić information content (AvgIpc) is 2.99. The molecule has 0 saturated heterocycles. The van der Waals surface area contributed by atoms with Gasteiger partial charge in [-0.2, -0.15) is 0 Å². The van der Waals surface area contributed by atoms with E-state index >= 15 is 0 Å². The van der Waals surface area contributed by atoms with Gasteiger partial charge in [-0.3, -0.25) is 14.5 Å². The van der Waals surface area contributed by atoms with E-state index in [0.29, 0.717) is 12.1 Å². The van der Waals surface area contributed by atoms with Crippen LogP contribution in [0.5, 0.6) is 5.75 Å². The van der Waals surface area contributed by atoms with Gasteiger partial charge in [0.2, 0.25) is 5.91 Å². The molecule has 5 nitrogen and oxygen atoms in total. The number of carbonyl (C=O) groups excluding carboxylic acids is 2. The molecule has 146 valence electrons. The predicted molar refractivity (Wildman–Crippen MR) is 111 cm³/mol. The molecule has 0 bridgehead atoms. The van der Waals surface area contributed by atoms with Crippen LogP contribution in [-0.2, 0) is 11.3 Å². The van der Waals surface area contributed by atoms with Crippen molar-refractivity contribution in [3.63, 3.8) is 0 Å². The monoisotopic (exact) mass is 378 g/mol. The van der Waals surface area contributed by atoms with Crippen molar-refractivity contribution in [2.24, 2.45) is 0 Å². The Labute approximate surface area is 165 Å². The minimum atomic E-state index is -0.598. The summed E-state index contributed by atoms with van der Waals surface area (Å²) in [4.78, 5) is 26.8. The molecule has 3 rings (SSSR count). The second-order valence-corrected chi connectivity index (χ2v) is 7.87. The van der Waals surface area contributed by atoms with Gasteiger partial charge in [0, 0.05) is 36.1 Å². The molecule has 0 saturated carbocycles. The van der Waals surface area contributed by atoms with Crippen molar-refractivity contribution in [2.45, 2.75) is 39.8 Å². The van der Waals surface area contributed by atoms with Crippen LogP contribution in [0.25, 0.3) is 10.9 Å². The highest BCUT2D eigenvalue weighted by Gasteiger charge is 2.32. The van der Waals surface area contributed by atoms with Gasteiger partial charge in [-0.1, -0.05) is 30.3 Å². The molecule has 0 N–H and O–H groups in total. The minimum Gasteiger partial charge on any atom is -0.497 e. The molecular weight excluding hydrogens is 352 g/mol. The van der Waals surface area contributed by atoms with Gasteiger partial charge >= 0.3 is 0 Å². The Kier molecular flexibility index (Phi) is 5.27. The second kappa shape index (κ2) is 7.50. The van der Waals surface area contributed by atoms with E-state index in [0.717, 1.165) is 22.2 Å². The Balaban J connectivity index is 2.08. The zero-order chi connectivity index (χ0) is 20.5. The van der Waals surface area contributed by atoms with Gasteiger partial charge in [-0.15, -0.1) is 0 Å². The first kappa shape index (κ1) is 19.7. The van der Waals surface area contributed by atoms with E-state index in [9.17, 15) is 9.59 Å². The first-order valence-corrected chi connectivity index (χ1v) is 9.28. The predicted octanol–water partition coefficient (Wildman–Crippen LogP) is 4.49. The van der Waals surface area contributed by atoms with Crippen LogP contribution in [0.2, 0.25) is 0 Å². The number of nitrogens with zero attached hydrogens (tertiary/aromatic N) is 2. The Morgan fingerprint density at radius 2 is 1.79 bits per heavy atom. The van der Waals surface area contributed by atoms with Crippen molar-refractivity contribution in [3.05, 3.63) is 65.9 Å². The lowest BCUT2D eigenvalue weighted by molar-refractivity contribution is -0.129. The highest BCUT2D eigenvalue weighted by molar-refractivity contribution is 6.12. The Bertz CT molecular complexity index is 1030. The zero-order valence-electron chi connectivity index (χ0n) is 17.0. The maximum absolute atomic E-state index is 13.3. The third kappa shape index (κ3) is 3.79. The molecule has 0 aliphatic heterocycles. The summed E-state index contributed by atoms with van der Waals surface area (Å²) in [5.74, 6) is 0.253. The highest BCUT2D eigenvalue weighted by atomic mass is 16.5. The summed E-state index contributed by atoms with van der Waals surface area (Å²) in [6.07, 6.45) is 1.84. The number of hydrogen-bond donors (Lipinski definition) is 0. The van der Waals surface area contributed by atoms with Crippen LogP contribution in [0.3, 0.4) is 0 Å². The molecule has 2 aromatic carbocycles. The van der Waals surface area contributed by atoms with E-state index < -0.39 is 5.54 Å². The lowest BCUT2D eigenvalue weighted by Gasteiger charge is -2.32. The Hall–Kier alpha value is -3.08. The highest BCUT2D eigenvalue weighted by Crippen LogP contribution is 2.27. The largest absolute Gasteiger partial charge is 0.497 e. The Morgan fingerprint density at radius 1 is 1.07 bits per heavy atom. The summed E-state index contributed by atoms with van der Waals surface area (Å²) in [5.41, 5.74) is 1.95. The zero-order valence-corrected chi connectivity index (χ0v) is 17.0. The molecule has 0 fully saturated rings. The van der Waals surface area contributed by atoms with Crippen LogP contribution in [0.15, 0.2) is 54.7 Å². The third-order valence-electron chi connectivity index (χ3n) is 4.69. The molecule has 3 aromatic rings. The van der Waals surface area contributed by atoms with Crippen LogP contribution in [-0.4, -0.2) is 33.9 Å². The van der Waals surface area contributed by atoms with Crippen molar-refractivity contribution in [3.8, 4) is 5.75 Å². The smallest absolute Gasteiger partial charge is 0.263 e. The number of ether oxygens (including phenoxy) is 1. The van der Waals surface area contributed by atoms with E-state index in [2.05, 4.69) is 0 Å². The minimum absolute atomic E-state index is 0.262. The number of benzene rings is 2. The third-order valence-corrected chi connectivity index (χ3v) is 4.69. The van der Waals surface area contributed by atoms with E-state index in [1.807, 2.05) is 80.1 Å². The van der Waals surface area contributed by atoms with Crippen LogP contribution in [0.1, 0.15) is 43.6 Å². The molecule has 1 aromatic heterocycles. The molecule has 0 spiro atoms. The van der Waals surface area contributed by atoms with Gasteiger partial charge in [0.25, 0.3) is 5.91 Å². The molecule has 0 aliphatic carbocycles. The number of hydrogen-bond acceptors (Lipinski definition) is 3. The lowest BCUT2D eigenvalue weighted by Crippen LogP contribution is -2.48. The summed E-state index contributed by atoms with van der Waals surface area (Å²) in [6.45, 7) is 7.62. The summed E-state index contributed by atoms with van der Waals surface area (Å²) >= 11 is 0. The number of methoxy groups -OCH3 is 1. The van der Waals surface area contributed by atoms with E-state index in [-0.39, 0.29) is 11.8 Å². The van der Waals surface area contributed by atoms with Crippen LogP contribution in [0, 0.1) is 0 Å². The molecule has 0 radical (unpaired) electrons. The quantitative estimate of drug-likeness (QED) is 0.672. The van der Waals surface area contributed by atoms with E-state index in [4.69, 9.17) is 4.74 Å². The van der Waals surface area contributed by atoms with Gasteiger partial charge < -0.3 is 9.30 Å². The SMILES string of the molecule is COc1cccc(Cn2cc(C(=O)N(C(C)=O)C(C)(C)C)c3ccccc32)c1. The summed E-state index contributed by atoms with van der Waals surface area (Å²) in [6, 6.07) is 15.6. The number of carbonyl (C=O) groups is 2. The normalized spacial score (nSPS) is 11.5. The Morgan fingerprint density at radius 3 is 2.43 bits per heavy atom. The summed E-state index contributed by atoms with van der Waals surface area (Å²) in [7, 11) is 1.64. The first-order valence-electron chi connectivity index (χ1n) is 9.28. The summed E-state index contributed by atoms with van der Waals surface area (Å²) in [5, 5.41) is 0.839.